The molecule has 1 heterocycles. The molecule has 1 saturated heterocycles. The van der Waals surface area contributed by atoms with Gasteiger partial charge in [0.05, 0.1) is 13.2 Å². The van der Waals surface area contributed by atoms with Gasteiger partial charge in [-0.15, -0.1) is 0 Å². The van der Waals surface area contributed by atoms with E-state index >= 15 is 0 Å². The molecule has 0 unspecified atom stereocenters. The smallest absolute Gasteiger partial charge is 0.303 e. The van der Waals surface area contributed by atoms with Crippen LogP contribution in [0.15, 0.2) is 97.2 Å². The van der Waals surface area contributed by atoms with Crippen molar-refractivity contribution in [2.75, 3.05) is 13.2 Å². The molecule has 0 radical (unpaired) electrons. The molecule has 0 bridgehead atoms. The molecule has 1 fully saturated rings. The molecule has 0 aromatic rings. The molecule has 0 amide bonds. The summed E-state index contributed by atoms with van der Waals surface area (Å²) >= 11 is 0. The number of carboxylic acid groups (broad SMARTS) is 2. The Bertz CT molecular complexity index is 1180. The normalized spacial score (nSPS) is 22.1. The van der Waals surface area contributed by atoms with Crippen molar-refractivity contribution in [1.29, 1.82) is 0 Å². The van der Waals surface area contributed by atoms with Crippen LogP contribution in [0.25, 0.3) is 0 Å². The average Bonchev–Trinajstić information content (AvgIpc) is 3.13. The number of aliphatic carboxylic acids is 2. The zero-order valence-corrected chi connectivity index (χ0v) is 31.5. The van der Waals surface area contributed by atoms with E-state index in [4.69, 9.17) is 19.7 Å². The van der Waals surface area contributed by atoms with Crippen LogP contribution in [-0.4, -0.2) is 86.5 Å². The van der Waals surface area contributed by atoms with E-state index in [0.717, 1.165) is 89.9 Å². The zero-order valence-electron chi connectivity index (χ0n) is 31.5. The predicted octanol–water partition coefficient (Wildman–Crippen LogP) is 7.67. The maximum absolute atomic E-state index is 10.5. The van der Waals surface area contributed by atoms with Gasteiger partial charge in [0.2, 0.25) is 0 Å². The molecule has 298 valence electrons. The van der Waals surface area contributed by atoms with Crippen molar-refractivity contribution < 1.29 is 49.7 Å². The van der Waals surface area contributed by atoms with Crippen molar-refractivity contribution in [2.24, 2.45) is 5.92 Å². The Morgan fingerprint density at radius 1 is 0.528 bits per heavy atom. The monoisotopic (exact) mass is 742 g/mol. The summed E-state index contributed by atoms with van der Waals surface area (Å²) in [6, 6.07) is 0. The van der Waals surface area contributed by atoms with Crippen LogP contribution in [-0.2, 0) is 19.1 Å². The molecule has 53 heavy (non-hydrogen) atoms. The van der Waals surface area contributed by atoms with E-state index in [0.29, 0.717) is 13.0 Å². The Morgan fingerprint density at radius 3 is 1.47 bits per heavy atom. The standard InChI is InChI=1S/C43H66O10/c44-34-37-40(49)41(50)42(51)43(53-37)52-35-36(31-27-23-19-15-11-7-5-9-13-17-21-25-29-33-39(47)48)30-26-22-18-14-10-6-3-1-2-4-8-12-16-20-24-28-32-38(45)46/h2-4,6-7,9,11-14,16,18-19,21,23,25,36-37,40-44,49-51H,1,5,8,10,15,17,20,22,24,26-35H2,(H,45,46)(H,47,48)/b4-2-,6-3-,11-7-,13-9-,16-12-,18-14-,23-19-,25-21-/t36-,37+,40-,41-,42+,43+/m0/s1. The summed E-state index contributed by atoms with van der Waals surface area (Å²) in [4.78, 5) is 21.0. The topological polar surface area (TPSA) is 174 Å². The van der Waals surface area contributed by atoms with Gasteiger partial charge in [-0.05, 0) is 102 Å². The minimum absolute atomic E-state index is 0.159. The second kappa shape index (κ2) is 33.2. The minimum Gasteiger partial charge on any atom is -0.481 e. The Kier molecular flexibility index (Phi) is 29.9. The van der Waals surface area contributed by atoms with Crippen LogP contribution in [0.3, 0.4) is 0 Å². The molecule has 6 N–H and O–H groups in total. The molecule has 0 spiro atoms. The lowest BCUT2D eigenvalue weighted by molar-refractivity contribution is -0.303. The number of allylic oxidation sites excluding steroid dienone is 16. The molecule has 1 aliphatic heterocycles. The molecule has 0 aliphatic carbocycles. The van der Waals surface area contributed by atoms with Gasteiger partial charge in [-0.3, -0.25) is 9.59 Å². The van der Waals surface area contributed by atoms with Crippen LogP contribution in [0.2, 0.25) is 0 Å². The molecule has 10 nitrogen and oxygen atoms in total. The summed E-state index contributed by atoms with van der Waals surface area (Å²) in [5.41, 5.74) is 0. The second-order valence-electron chi connectivity index (χ2n) is 13.2. The third kappa shape index (κ3) is 26.9. The van der Waals surface area contributed by atoms with Crippen LogP contribution in [0.4, 0.5) is 0 Å². The number of ether oxygens (including phenoxy) is 2. The third-order valence-corrected chi connectivity index (χ3v) is 8.57. The van der Waals surface area contributed by atoms with E-state index in [1.165, 1.54) is 0 Å². The molecule has 10 heteroatoms. The van der Waals surface area contributed by atoms with Crippen LogP contribution >= 0.6 is 0 Å². The van der Waals surface area contributed by atoms with Crippen LogP contribution in [0, 0.1) is 5.92 Å². The summed E-state index contributed by atoms with van der Waals surface area (Å²) < 4.78 is 11.4. The van der Waals surface area contributed by atoms with Crippen molar-refractivity contribution in [1.82, 2.24) is 0 Å². The summed E-state index contributed by atoms with van der Waals surface area (Å²) in [6.07, 6.45) is 40.5. The van der Waals surface area contributed by atoms with Gasteiger partial charge in [0.1, 0.15) is 24.4 Å². The fourth-order valence-electron chi connectivity index (χ4n) is 5.45. The highest BCUT2D eigenvalue weighted by Crippen LogP contribution is 2.24. The highest BCUT2D eigenvalue weighted by molar-refractivity contribution is 5.67. The highest BCUT2D eigenvalue weighted by atomic mass is 16.7. The molecule has 0 aromatic carbocycles. The average molecular weight is 743 g/mol. The number of carboxylic acids is 2. The van der Waals surface area contributed by atoms with Gasteiger partial charge in [0.25, 0.3) is 0 Å². The van der Waals surface area contributed by atoms with Gasteiger partial charge < -0.3 is 40.1 Å². The quantitative estimate of drug-likeness (QED) is 0.0306. The van der Waals surface area contributed by atoms with E-state index in [2.05, 4.69) is 85.1 Å². The third-order valence-electron chi connectivity index (χ3n) is 8.57. The lowest BCUT2D eigenvalue weighted by atomic mass is 9.96. The fourth-order valence-corrected chi connectivity index (χ4v) is 5.45. The predicted molar refractivity (Wildman–Crippen MR) is 210 cm³/mol. The first-order valence-electron chi connectivity index (χ1n) is 19.3. The van der Waals surface area contributed by atoms with Crippen LogP contribution in [0.5, 0.6) is 0 Å². The van der Waals surface area contributed by atoms with E-state index in [-0.39, 0.29) is 18.8 Å². The Labute approximate surface area is 317 Å². The highest BCUT2D eigenvalue weighted by Gasteiger charge is 2.44. The Hall–Kier alpha value is -3.38. The number of rotatable bonds is 31. The van der Waals surface area contributed by atoms with Gasteiger partial charge >= 0.3 is 11.9 Å². The molecule has 6 atom stereocenters. The van der Waals surface area contributed by atoms with Crippen LogP contribution < -0.4 is 0 Å². The summed E-state index contributed by atoms with van der Waals surface area (Å²) in [5.74, 6) is -1.32. The molecule has 0 aromatic heterocycles. The summed E-state index contributed by atoms with van der Waals surface area (Å²) in [5, 5.41) is 57.4. The number of hydrogen-bond acceptors (Lipinski definition) is 8. The van der Waals surface area contributed by atoms with Crippen molar-refractivity contribution in [3.63, 3.8) is 0 Å². The molecule has 1 rings (SSSR count). The molecule has 1 aliphatic rings. The number of aliphatic hydroxyl groups excluding tert-OH is 4. The molecular formula is C43H66O10. The lowest BCUT2D eigenvalue weighted by Gasteiger charge is -2.40. The van der Waals surface area contributed by atoms with Crippen molar-refractivity contribution in [2.45, 2.75) is 140 Å². The number of unbranched alkanes of at least 4 members (excludes halogenated alkanes) is 3. The van der Waals surface area contributed by atoms with E-state index < -0.39 is 49.3 Å². The van der Waals surface area contributed by atoms with Crippen molar-refractivity contribution >= 4 is 11.9 Å². The minimum atomic E-state index is -1.46. The summed E-state index contributed by atoms with van der Waals surface area (Å²) in [6.45, 7) is -0.174. The maximum Gasteiger partial charge on any atom is 0.303 e. The number of aliphatic hydroxyl groups is 4. The van der Waals surface area contributed by atoms with Gasteiger partial charge in [-0.1, -0.05) is 97.2 Å². The second-order valence-corrected chi connectivity index (χ2v) is 13.2. The van der Waals surface area contributed by atoms with Crippen molar-refractivity contribution in [3.05, 3.63) is 97.2 Å². The molecular weight excluding hydrogens is 676 g/mol. The van der Waals surface area contributed by atoms with Crippen LogP contribution in [0.1, 0.15) is 109 Å². The van der Waals surface area contributed by atoms with Gasteiger partial charge in [-0.25, -0.2) is 0 Å². The lowest BCUT2D eigenvalue weighted by Crippen LogP contribution is -2.59. The zero-order chi connectivity index (χ0) is 38.8. The van der Waals surface area contributed by atoms with E-state index in [9.17, 15) is 30.0 Å². The maximum atomic E-state index is 10.5. The summed E-state index contributed by atoms with van der Waals surface area (Å²) in [7, 11) is 0. The fraction of sp³-hybridized carbons (Fsp3) is 0.581. The van der Waals surface area contributed by atoms with E-state index in [1.807, 2.05) is 12.2 Å². The number of carbonyl (C=O) groups is 2. The Morgan fingerprint density at radius 2 is 0.981 bits per heavy atom. The van der Waals surface area contributed by atoms with Crippen molar-refractivity contribution in [3.8, 4) is 0 Å². The van der Waals surface area contributed by atoms with Gasteiger partial charge in [0, 0.05) is 12.8 Å². The van der Waals surface area contributed by atoms with E-state index in [1.54, 1.807) is 0 Å². The number of hydrogen-bond donors (Lipinski definition) is 6. The first-order valence-corrected chi connectivity index (χ1v) is 19.3. The largest absolute Gasteiger partial charge is 0.481 e. The first kappa shape index (κ1) is 47.6. The van der Waals surface area contributed by atoms with Gasteiger partial charge in [-0.2, -0.15) is 0 Å². The van der Waals surface area contributed by atoms with Gasteiger partial charge in [0.15, 0.2) is 6.29 Å². The first-order chi connectivity index (χ1) is 25.8. The molecule has 0 saturated carbocycles. The SMILES string of the molecule is O=C(O)CC/C=C\C/C=C\C/C=C\C/C=C\CC[C@H](CCC/C=C\C/C=C\C/C=C\C/C=C\CCCCC(=O)O)CO[C@@H]1O[C@H](CO)[C@H](O)[C@H](O)[C@H]1O. The Balaban J connectivity index is 2.41.